The standard InChI is InChI=1S/C14H9BrCl3N/c15-14(8-3-1-2-4-10(8)16)7-19-13-6-12(18)11(17)5-9(13)14/h1-6,19H,7H2. The molecular formula is C14H9BrCl3N. The number of anilines is 1. The van der Waals surface area contributed by atoms with Gasteiger partial charge in [-0.25, -0.2) is 0 Å². The minimum Gasteiger partial charge on any atom is -0.383 e. The Bertz CT molecular complexity index is 659. The third-order valence-electron chi connectivity index (χ3n) is 3.31. The summed E-state index contributed by atoms with van der Waals surface area (Å²) in [6, 6.07) is 11.5. The molecule has 1 aliphatic heterocycles. The lowest BCUT2D eigenvalue weighted by molar-refractivity contribution is 0.848. The topological polar surface area (TPSA) is 12.0 Å². The first-order valence-corrected chi connectivity index (χ1v) is 7.62. The smallest absolute Gasteiger partial charge is 0.0961 e. The first kappa shape index (κ1) is 13.6. The Balaban J connectivity index is 2.21. The molecule has 0 bridgehead atoms. The Morgan fingerprint density at radius 1 is 0.947 bits per heavy atom. The third-order valence-corrected chi connectivity index (χ3v) is 5.50. The molecule has 5 heteroatoms. The van der Waals surface area contributed by atoms with Crippen LogP contribution in [-0.4, -0.2) is 6.54 Å². The molecule has 1 unspecified atom stereocenters. The minimum absolute atomic E-state index is 0.380. The van der Waals surface area contributed by atoms with Crippen molar-refractivity contribution >= 4 is 56.4 Å². The second-order valence-corrected chi connectivity index (χ2v) is 7.02. The van der Waals surface area contributed by atoms with Crippen molar-refractivity contribution in [3.8, 4) is 0 Å². The van der Waals surface area contributed by atoms with Crippen LogP contribution in [0.3, 0.4) is 0 Å². The molecule has 0 saturated carbocycles. The average Bonchev–Trinajstić information content (AvgIpc) is 2.69. The number of alkyl halides is 1. The predicted octanol–water partition coefficient (Wildman–Crippen LogP) is 5.71. The molecule has 0 aliphatic carbocycles. The Morgan fingerprint density at radius 2 is 1.63 bits per heavy atom. The molecule has 0 radical (unpaired) electrons. The van der Waals surface area contributed by atoms with Crippen molar-refractivity contribution < 1.29 is 0 Å². The summed E-state index contributed by atoms with van der Waals surface area (Å²) in [5.74, 6) is 0. The van der Waals surface area contributed by atoms with E-state index in [-0.39, 0.29) is 4.32 Å². The fourth-order valence-electron chi connectivity index (χ4n) is 2.36. The van der Waals surface area contributed by atoms with Crippen molar-refractivity contribution in [3.05, 3.63) is 62.6 Å². The van der Waals surface area contributed by atoms with Crippen LogP contribution in [0.15, 0.2) is 36.4 Å². The van der Waals surface area contributed by atoms with Crippen LogP contribution in [0.25, 0.3) is 0 Å². The molecule has 0 aromatic heterocycles. The summed E-state index contributed by atoms with van der Waals surface area (Å²) in [4.78, 5) is 0. The van der Waals surface area contributed by atoms with Crippen LogP contribution in [-0.2, 0) is 4.32 Å². The molecule has 0 amide bonds. The number of halogens is 4. The van der Waals surface area contributed by atoms with Gasteiger partial charge in [-0.1, -0.05) is 68.9 Å². The summed E-state index contributed by atoms with van der Waals surface area (Å²) in [5.41, 5.74) is 3.04. The monoisotopic (exact) mass is 375 g/mol. The number of hydrogen-bond acceptors (Lipinski definition) is 1. The van der Waals surface area contributed by atoms with Crippen molar-refractivity contribution in [2.45, 2.75) is 4.32 Å². The Kier molecular flexibility index (Phi) is 3.46. The van der Waals surface area contributed by atoms with E-state index >= 15 is 0 Å². The van der Waals surface area contributed by atoms with E-state index in [4.69, 9.17) is 34.8 Å². The van der Waals surface area contributed by atoms with E-state index in [2.05, 4.69) is 21.2 Å². The molecule has 98 valence electrons. The van der Waals surface area contributed by atoms with Gasteiger partial charge in [0.2, 0.25) is 0 Å². The molecule has 1 N–H and O–H groups in total. The van der Waals surface area contributed by atoms with Crippen molar-refractivity contribution in [2.24, 2.45) is 0 Å². The molecule has 2 aromatic rings. The zero-order chi connectivity index (χ0) is 13.6. The van der Waals surface area contributed by atoms with Crippen LogP contribution in [0.2, 0.25) is 15.1 Å². The molecule has 0 spiro atoms. The van der Waals surface area contributed by atoms with E-state index in [9.17, 15) is 0 Å². The van der Waals surface area contributed by atoms with Gasteiger partial charge >= 0.3 is 0 Å². The first-order valence-electron chi connectivity index (χ1n) is 5.70. The molecule has 3 rings (SSSR count). The second-order valence-electron chi connectivity index (χ2n) is 4.45. The van der Waals surface area contributed by atoms with Crippen LogP contribution in [0.5, 0.6) is 0 Å². The van der Waals surface area contributed by atoms with Gasteiger partial charge in [0.25, 0.3) is 0 Å². The molecule has 1 heterocycles. The van der Waals surface area contributed by atoms with E-state index in [1.807, 2.05) is 36.4 Å². The lowest BCUT2D eigenvalue weighted by atomic mass is 9.93. The van der Waals surface area contributed by atoms with Gasteiger partial charge in [0, 0.05) is 17.3 Å². The predicted molar refractivity (Wildman–Crippen MR) is 86.1 cm³/mol. The highest BCUT2D eigenvalue weighted by Crippen LogP contribution is 2.50. The van der Waals surface area contributed by atoms with Gasteiger partial charge < -0.3 is 5.32 Å². The summed E-state index contributed by atoms with van der Waals surface area (Å²) in [6.45, 7) is 0.697. The highest BCUT2D eigenvalue weighted by atomic mass is 79.9. The molecule has 0 fully saturated rings. The Labute approximate surface area is 135 Å². The van der Waals surface area contributed by atoms with E-state index in [0.29, 0.717) is 16.6 Å². The van der Waals surface area contributed by atoms with Gasteiger partial charge in [0.15, 0.2) is 0 Å². The summed E-state index contributed by atoms with van der Waals surface area (Å²) in [7, 11) is 0. The molecular weight excluding hydrogens is 368 g/mol. The van der Waals surface area contributed by atoms with Crippen LogP contribution < -0.4 is 5.32 Å². The van der Waals surface area contributed by atoms with Gasteiger partial charge in [-0.15, -0.1) is 0 Å². The molecule has 19 heavy (non-hydrogen) atoms. The maximum atomic E-state index is 6.31. The zero-order valence-corrected chi connectivity index (χ0v) is 13.5. The van der Waals surface area contributed by atoms with Gasteiger partial charge in [-0.2, -0.15) is 0 Å². The first-order chi connectivity index (χ1) is 9.02. The molecule has 1 aliphatic rings. The fourth-order valence-corrected chi connectivity index (χ4v) is 3.91. The SMILES string of the molecule is Clc1cc2c(cc1Cl)C(Br)(c1ccccc1Cl)CN2. The molecule has 1 nitrogen and oxygen atoms in total. The quantitative estimate of drug-likeness (QED) is 0.628. The van der Waals surface area contributed by atoms with Gasteiger partial charge in [0.1, 0.15) is 0 Å². The number of benzene rings is 2. The van der Waals surface area contributed by atoms with Crippen LogP contribution in [0, 0.1) is 0 Å². The Hall–Kier alpha value is -0.410. The lowest BCUT2D eigenvalue weighted by Crippen LogP contribution is -2.22. The summed E-state index contributed by atoms with van der Waals surface area (Å²) in [5, 5.41) is 5.15. The third kappa shape index (κ3) is 2.15. The average molecular weight is 377 g/mol. The van der Waals surface area contributed by atoms with Crippen LogP contribution >= 0.6 is 50.7 Å². The fraction of sp³-hybridized carbons (Fsp3) is 0.143. The van der Waals surface area contributed by atoms with Crippen molar-refractivity contribution in [1.29, 1.82) is 0 Å². The largest absolute Gasteiger partial charge is 0.383 e. The van der Waals surface area contributed by atoms with Crippen molar-refractivity contribution in [3.63, 3.8) is 0 Å². The van der Waals surface area contributed by atoms with Gasteiger partial charge in [-0.05, 0) is 29.3 Å². The number of fused-ring (bicyclic) bond motifs is 1. The number of rotatable bonds is 1. The van der Waals surface area contributed by atoms with Gasteiger partial charge in [0.05, 0.1) is 14.4 Å². The maximum absolute atomic E-state index is 6.31. The van der Waals surface area contributed by atoms with E-state index in [0.717, 1.165) is 21.8 Å². The van der Waals surface area contributed by atoms with E-state index < -0.39 is 0 Å². The maximum Gasteiger partial charge on any atom is 0.0961 e. The van der Waals surface area contributed by atoms with Crippen LogP contribution in [0.1, 0.15) is 11.1 Å². The second kappa shape index (κ2) is 4.85. The normalized spacial score (nSPS) is 21.1. The zero-order valence-electron chi connectivity index (χ0n) is 9.68. The van der Waals surface area contributed by atoms with Crippen molar-refractivity contribution in [1.82, 2.24) is 0 Å². The van der Waals surface area contributed by atoms with E-state index in [1.165, 1.54) is 0 Å². The summed E-state index contributed by atoms with van der Waals surface area (Å²) in [6.07, 6.45) is 0. The highest BCUT2D eigenvalue weighted by Gasteiger charge is 2.40. The van der Waals surface area contributed by atoms with Crippen molar-refractivity contribution in [2.75, 3.05) is 11.9 Å². The molecule has 0 saturated heterocycles. The summed E-state index contributed by atoms with van der Waals surface area (Å²) >= 11 is 22.3. The van der Waals surface area contributed by atoms with E-state index in [1.54, 1.807) is 0 Å². The number of hydrogen-bond donors (Lipinski definition) is 1. The molecule has 1 atom stereocenters. The highest BCUT2D eigenvalue weighted by molar-refractivity contribution is 9.09. The lowest BCUT2D eigenvalue weighted by Gasteiger charge is -2.24. The minimum atomic E-state index is -0.380. The van der Waals surface area contributed by atoms with Crippen LogP contribution in [0.4, 0.5) is 5.69 Å². The van der Waals surface area contributed by atoms with Gasteiger partial charge in [-0.3, -0.25) is 0 Å². The number of nitrogens with one attached hydrogen (secondary N) is 1. The molecule has 2 aromatic carbocycles. The Morgan fingerprint density at radius 3 is 2.37 bits per heavy atom. The summed E-state index contributed by atoms with van der Waals surface area (Å²) < 4.78 is -0.380.